The molecule has 9 nitrogen and oxygen atoms in total. The van der Waals surface area contributed by atoms with Crippen molar-refractivity contribution in [3.63, 3.8) is 0 Å². The Morgan fingerprint density at radius 2 is 1.35 bits per heavy atom. The molecule has 0 saturated carbocycles. The van der Waals surface area contributed by atoms with Gasteiger partial charge in [0.25, 0.3) is 0 Å². The minimum absolute atomic E-state index is 0.0159. The van der Waals surface area contributed by atoms with Gasteiger partial charge in [0.15, 0.2) is 6.29 Å². The molecule has 5 atom stereocenters. The van der Waals surface area contributed by atoms with Crippen molar-refractivity contribution in [2.75, 3.05) is 13.6 Å². The highest BCUT2D eigenvalue weighted by atomic mass is 32.2. The monoisotopic (exact) mass is 823 g/mol. The Hall–Kier alpha value is -5.46. The average Bonchev–Trinajstić information content (AvgIpc) is 3.27. The predicted molar refractivity (Wildman–Crippen MR) is 235 cm³/mol. The van der Waals surface area contributed by atoms with Gasteiger partial charge in [-0.15, -0.1) is 0 Å². The SMILES string of the molecule is Cc1ccc(S(=O)(=O)N[C@H](Cc2ccccc2)C(=O)NCc2cccc(-c3ccc([C@@H]4O[C@H](CN(C)Cc5ccccc5)[C@H](C)[C@H](c5ccc(CO)cc5)O4)cc3)c2)cc1. The number of aryl methyl sites for hydroxylation is 1. The maximum absolute atomic E-state index is 13.7. The van der Waals surface area contributed by atoms with Crippen LogP contribution in [-0.2, 0) is 50.4 Å². The zero-order valence-electron chi connectivity index (χ0n) is 34.3. The quantitative estimate of drug-likeness (QED) is 0.0900. The van der Waals surface area contributed by atoms with Crippen LogP contribution in [0.15, 0.2) is 163 Å². The molecule has 0 spiro atoms. The summed E-state index contributed by atoms with van der Waals surface area (Å²) in [5.74, 6) is -0.359. The van der Waals surface area contributed by atoms with Crippen LogP contribution in [0, 0.1) is 12.8 Å². The van der Waals surface area contributed by atoms with E-state index in [-0.39, 0.29) is 42.6 Å². The zero-order chi connectivity index (χ0) is 42.1. The van der Waals surface area contributed by atoms with E-state index in [1.807, 2.05) is 104 Å². The van der Waals surface area contributed by atoms with Crippen LogP contribution in [-0.4, -0.2) is 50.1 Å². The van der Waals surface area contributed by atoms with E-state index >= 15 is 0 Å². The smallest absolute Gasteiger partial charge is 0.241 e. The van der Waals surface area contributed by atoms with Crippen molar-refractivity contribution in [1.29, 1.82) is 0 Å². The number of nitrogens with zero attached hydrogens (tertiary/aromatic N) is 1. The lowest BCUT2D eigenvalue weighted by atomic mass is 9.90. The first-order valence-electron chi connectivity index (χ1n) is 20.4. The first-order chi connectivity index (χ1) is 29.0. The predicted octanol–water partition coefficient (Wildman–Crippen LogP) is 8.28. The lowest BCUT2D eigenvalue weighted by Gasteiger charge is -2.42. The summed E-state index contributed by atoms with van der Waals surface area (Å²) in [4.78, 5) is 16.1. The summed E-state index contributed by atoms with van der Waals surface area (Å²) in [6.07, 6.45) is -0.735. The minimum Gasteiger partial charge on any atom is -0.392 e. The third-order valence-corrected chi connectivity index (χ3v) is 12.5. The van der Waals surface area contributed by atoms with Gasteiger partial charge in [-0.2, -0.15) is 4.72 Å². The van der Waals surface area contributed by atoms with Gasteiger partial charge in [-0.1, -0.05) is 152 Å². The van der Waals surface area contributed by atoms with E-state index < -0.39 is 28.3 Å². The van der Waals surface area contributed by atoms with Crippen LogP contribution in [0.4, 0.5) is 0 Å². The Kier molecular flexibility index (Phi) is 14.0. The average molecular weight is 824 g/mol. The summed E-state index contributed by atoms with van der Waals surface area (Å²) in [7, 11) is -1.85. The van der Waals surface area contributed by atoms with E-state index in [4.69, 9.17) is 9.47 Å². The molecule has 1 amide bonds. The Labute approximate surface area is 354 Å². The molecule has 1 aliphatic heterocycles. The van der Waals surface area contributed by atoms with Gasteiger partial charge in [0.1, 0.15) is 6.04 Å². The largest absolute Gasteiger partial charge is 0.392 e. The number of sulfonamides is 1. The Balaban J connectivity index is 1.05. The fourth-order valence-electron chi connectivity index (χ4n) is 7.61. The van der Waals surface area contributed by atoms with Crippen molar-refractivity contribution < 1.29 is 27.8 Å². The number of carbonyl (C=O) groups is 1. The standard InChI is InChI=1S/C50H53N3O6S/c1-35-17-27-45(28-18-35)60(56,57)52-46(30-37-11-6-4-7-12-37)49(55)51-31-40-15-10-16-44(29-40)41-23-25-43(26-24-41)50-58-47(33-53(3)32-38-13-8-5-9-14-38)36(2)48(59-50)42-21-19-39(34-54)20-22-42/h4-29,36,46-48,50,52,54H,30-34H2,1-3H3,(H,51,55)/t36-,46+,47+,48+,50+/m0/s1. The first-order valence-corrected chi connectivity index (χ1v) is 21.9. The summed E-state index contributed by atoms with van der Waals surface area (Å²) in [5.41, 5.74) is 8.64. The number of amides is 1. The van der Waals surface area contributed by atoms with E-state index in [0.717, 1.165) is 51.1 Å². The molecule has 60 heavy (non-hydrogen) atoms. The molecule has 1 aliphatic rings. The van der Waals surface area contributed by atoms with E-state index in [0.29, 0.717) is 6.54 Å². The maximum atomic E-state index is 13.7. The zero-order valence-corrected chi connectivity index (χ0v) is 35.1. The molecule has 1 saturated heterocycles. The molecule has 0 aliphatic carbocycles. The van der Waals surface area contributed by atoms with Crippen LogP contribution in [0.5, 0.6) is 0 Å². The van der Waals surface area contributed by atoms with Crippen molar-refractivity contribution in [3.8, 4) is 11.1 Å². The highest BCUT2D eigenvalue weighted by Gasteiger charge is 2.39. The molecule has 6 aromatic carbocycles. The molecular formula is C50H53N3O6S. The second-order valence-electron chi connectivity index (χ2n) is 15.7. The fourth-order valence-corrected chi connectivity index (χ4v) is 8.81. The van der Waals surface area contributed by atoms with Crippen LogP contribution in [0.1, 0.15) is 58.3 Å². The fraction of sp³-hybridized carbons (Fsp3) is 0.260. The second-order valence-corrected chi connectivity index (χ2v) is 17.4. The minimum atomic E-state index is -3.96. The van der Waals surface area contributed by atoms with Crippen molar-refractivity contribution >= 4 is 15.9 Å². The van der Waals surface area contributed by atoms with E-state index in [2.05, 4.69) is 65.3 Å². The van der Waals surface area contributed by atoms with E-state index in [1.54, 1.807) is 24.3 Å². The number of benzene rings is 6. The number of carbonyl (C=O) groups excluding carboxylic acids is 1. The molecular weight excluding hydrogens is 771 g/mol. The second kappa shape index (κ2) is 19.7. The number of rotatable bonds is 16. The highest BCUT2D eigenvalue weighted by Crippen LogP contribution is 2.42. The summed E-state index contributed by atoms with van der Waals surface area (Å²) >= 11 is 0. The van der Waals surface area contributed by atoms with Gasteiger partial charge < -0.3 is 19.9 Å². The van der Waals surface area contributed by atoms with Crippen molar-refractivity contribution in [2.45, 2.75) is 69.4 Å². The normalized spacial score (nSPS) is 18.6. The molecule has 0 radical (unpaired) electrons. The highest BCUT2D eigenvalue weighted by molar-refractivity contribution is 7.89. The molecule has 6 aromatic rings. The number of nitrogens with one attached hydrogen (secondary N) is 2. The molecule has 1 heterocycles. The number of likely N-dealkylation sites (N-methyl/N-ethyl adjacent to an activating group) is 1. The molecule has 3 N–H and O–H groups in total. The Bertz CT molecular complexity index is 2410. The van der Waals surface area contributed by atoms with Gasteiger partial charge >= 0.3 is 0 Å². The Morgan fingerprint density at radius 3 is 2.02 bits per heavy atom. The number of hydrogen-bond donors (Lipinski definition) is 3. The summed E-state index contributed by atoms with van der Waals surface area (Å²) in [6.45, 7) is 5.78. The number of aliphatic hydroxyl groups excluding tert-OH is 1. The van der Waals surface area contributed by atoms with Crippen LogP contribution in [0.25, 0.3) is 11.1 Å². The van der Waals surface area contributed by atoms with Crippen LogP contribution in [0.3, 0.4) is 0 Å². The third-order valence-electron chi connectivity index (χ3n) is 11.0. The first kappa shape index (κ1) is 42.7. The van der Waals surface area contributed by atoms with Gasteiger partial charge in [-0.05, 0) is 77.5 Å². The molecule has 0 bridgehead atoms. The third kappa shape index (κ3) is 11.0. The van der Waals surface area contributed by atoms with Gasteiger partial charge in [-0.3, -0.25) is 9.69 Å². The van der Waals surface area contributed by atoms with Crippen molar-refractivity contribution in [3.05, 3.63) is 197 Å². The van der Waals surface area contributed by atoms with Gasteiger partial charge in [-0.25, -0.2) is 8.42 Å². The molecule has 1 fully saturated rings. The van der Waals surface area contributed by atoms with Gasteiger partial charge in [0.05, 0.1) is 23.7 Å². The van der Waals surface area contributed by atoms with Gasteiger partial charge in [0, 0.05) is 31.1 Å². The Morgan fingerprint density at radius 1 is 0.717 bits per heavy atom. The summed E-state index contributed by atoms with van der Waals surface area (Å²) in [5, 5.41) is 12.6. The van der Waals surface area contributed by atoms with Gasteiger partial charge in [0.2, 0.25) is 15.9 Å². The molecule has 0 unspecified atom stereocenters. The molecule has 0 aromatic heterocycles. The lowest BCUT2D eigenvalue weighted by molar-refractivity contribution is -0.276. The lowest BCUT2D eigenvalue weighted by Crippen LogP contribution is -2.47. The summed E-state index contributed by atoms with van der Waals surface area (Å²) < 4.78 is 42.9. The number of aliphatic hydroxyl groups is 1. The number of hydrogen-bond acceptors (Lipinski definition) is 7. The topological polar surface area (TPSA) is 117 Å². The van der Waals surface area contributed by atoms with E-state index in [1.165, 1.54) is 5.56 Å². The maximum Gasteiger partial charge on any atom is 0.241 e. The van der Waals surface area contributed by atoms with Crippen LogP contribution in [0.2, 0.25) is 0 Å². The van der Waals surface area contributed by atoms with Crippen molar-refractivity contribution in [1.82, 2.24) is 14.9 Å². The molecule has 10 heteroatoms. The number of ether oxygens (including phenoxy) is 2. The van der Waals surface area contributed by atoms with Crippen molar-refractivity contribution in [2.24, 2.45) is 5.92 Å². The van der Waals surface area contributed by atoms with E-state index in [9.17, 15) is 18.3 Å². The van der Waals surface area contributed by atoms with Crippen LogP contribution >= 0.6 is 0 Å². The molecule has 7 rings (SSSR count). The van der Waals surface area contributed by atoms with Crippen LogP contribution < -0.4 is 10.0 Å². The molecule has 310 valence electrons. The summed E-state index contributed by atoms with van der Waals surface area (Å²) in [6, 6.07) is 49.4.